The molecule has 0 saturated heterocycles. The average molecular weight is 178 g/mol. The van der Waals surface area contributed by atoms with Crippen molar-refractivity contribution in [1.82, 2.24) is 0 Å². The molecule has 0 spiro atoms. The molecule has 1 aliphatic rings. The van der Waals surface area contributed by atoms with Crippen LogP contribution in [0.25, 0.3) is 0 Å². The number of hydrogen-bond acceptors (Lipinski definition) is 0. The lowest BCUT2D eigenvalue weighted by atomic mass is 9.69. The summed E-state index contributed by atoms with van der Waals surface area (Å²) in [6.45, 7) is 6.73. The fourth-order valence-electron chi connectivity index (χ4n) is 2.41. The summed E-state index contributed by atoms with van der Waals surface area (Å²) in [5.41, 5.74) is 0.124. The Hall–Kier alpha value is -0.440. The Balaban J connectivity index is 2.46. The highest BCUT2D eigenvalue weighted by Gasteiger charge is 2.30. The zero-order valence-corrected chi connectivity index (χ0v) is 9.27. The summed E-state index contributed by atoms with van der Waals surface area (Å²) in [6.07, 6.45) is 12.4. The van der Waals surface area contributed by atoms with Crippen LogP contribution in [0.5, 0.6) is 0 Å². The largest absolute Gasteiger partial charge is 0.120 e. The summed E-state index contributed by atoms with van der Waals surface area (Å²) in [6, 6.07) is 0. The van der Waals surface area contributed by atoms with Crippen molar-refractivity contribution in [3.8, 4) is 12.3 Å². The fourth-order valence-corrected chi connectivity index (χ4v) is 2.41. The van der Waals surface area contributed by atoms with Crippen molar-refractivity contribution in [1.29, 1.82) is 0 Å². The van der Waals surface area contributed by atoms with Gasteiger partial charge in [-0.05, 0) is 38.5 Å². The van der Waals surface area contributed by atoms with Gasteiger partial charge in [-0.3, -0.25) is 0 Å². The van der Waals surface area contributed by atoms with Crippen LogP contribution in [-0.4, -0.2) is 0 Å². The Kier molecular flexibility index (Phi) is 3.42. The Morgan fingerprint density at radius 3 is 2.15 bits per heavy atom. The minimum Gasteiger partial charge on any atom is -0.120 e. The minimum atomic E-state index is 0.124. The summed E-state index contributed by atoms with van der Waals surface area (Å²) in [5.74, 6) is 4.68. The second kappa shape index (κ2) is 4.18. The van der Waals surface area contributed by atoms with Crippen LogP contribution in [0.3, 0.4) is 0 Å². The molecule has 1 aliphatic carbocycles. The van der Waals surface area contributed by atoms with Gasteiger partial charge in [-0.15, -0.1) is 12.3 Å². The van der Waals surface area contributed by atoms with Crippen molar-refractivity contribution in [2.45, 2.75) is 52.9 Å². The molecule has 0 N–H and O–H groups in total. The molecule has 1 saturated carbocycles. The topological polar surface area (TPSA) is 0 Å². The van der Waals surface area contributed by atoms with Gasteiger partial charge >= 0.3 is 0 Å². The first-order chi connectivity index (χ1) is 6.10. The molecule has 0 nitrogen and oxygen atoms in total. The lowest BCUT2D eigenvalue weighted by Crippen LogP contribution is -2.26. The maximum absolute atomic E-state index is 5.55. The lowest BCUT2D eigenvalue weighted by molar-refractivity contribution is 0.179. The first-order valence-electron chi connectivity index (χ1n) is 5.58. The van der Waals surface area contributed by atoms with Crippen molar-refractivity contribution in [3.63, 3.8) is 0 Å². The molecule has 0 heterocycles. The first kappa shape index (κ1) is 10.6. The molecule has 0 aliphatic heterocycles. The third-order valence-electron chi connectivity index (χ3n) is 3.82. The quantitative estimate of drug-likeness (QED) is 0.563. The van der Waals surface area contributed by atoms with E-state index in [-0.39, 0.29) is 5.41 Å². The van der Waals surface area contributed by atoms with E-state index >= 15 is 0 Å². The van der Waals surface area contributed by atoms with Crippen LogP contribution < -0.4 is 0 Å². The first-order valence-corrected chi connectivity index (χ1v) is 5.58. The van der Waals surface area contributed by atoms with Gasteiger partial charge in [-0.25, -0.2) is 0 Å². The predicted octanol–water partition coefficient (Wildman–Crippen LogP) is 3.86. The Morgan fingerprint density at radius 2 is 1.77 bits per heavy atom. The summed E-state index contributed by atoms with van der Waals surface area (Å²) >= 11 is 0. The van der Waals surface area contributed by atoms with Crippen LogP contribution >= 0.6 is 0 Å². The highest BCUT2D eigenvalue weighted by molar-refractivity contribution is 5.04. The maximum atomic E-state index is 5.55. The molecule has 13 heavy (non-hydrogen) atoms. The van der Waals surface area contributed by atoms with E-state index in [4.69, 9.17) is 6.42 Å². The zero-order valence-electron chi connectivity index (χ0n) is 9.27. The molecule has 0 atom stereocenters. The third-order valence-corrected chi connectivity index (χ3v) is 3.82. The second-order valence-electron chi connectivity index (χ2n) is 4.99. The Morgan fingerprint density at radius 1 is 1.23 bits per heavy atom. The van der Waals surface area contributed by atoms with Gasteiger partial charge in [0.15, 0.2) is 0 Å². The summed E-state index contributed by atoms with van der Waals surface area (Å²) in [4.78, 5) is 0. The van der Waals surface area contributed by atoms with E-state index in [0.29, 0.717) is 0 Å². The number of hydrogen-bond donors (Lipinski definition) is 0. The van der Waals surface area contributed by atoms with Crippen LogP contribution in [0.4, 0.5) is 0 Å². The minimum absolute atomic E-state index is 0.124. The van der Waals surface area contributed by atoms with Gasteiger partial charge in [0.25, 0.3) is 0 Å². The zero-order chi connectivity index (χ0) is 9.90. The third kappa shape index (κ3) is 2.50. The van der Waals surface area contributed by atoms with Crippen molar-refractivity contribution >= 4 is 0 Å². The van der Waals surface area contributed by atoms with Gasteiger partial charge in [-0.1, -0.05) is 26.2 Å². The van der Waals surface area contributed by atoms with Crippen LogP contribution in [-0.2, 0) is 0 Å². The van der Waals surface area contributed by atoms with Gasteiger partial charge in [0, 0.05) is 5.41 Å². The molecule has 1 rings (SSSR count). The Bertz CT molecular complexity index is 187. The standard InChI is InChI=1S/C13H22/c1-5-11-7-9-12(10-8-11)13(3,4)6-2/h2,11-12H,5,7-10H2,1,3-4H3. The molecule has 0 radical (unpaired) electrons. The molecular weight excluding hydrogens is 156 g/mol. The molecule has 1 fully saturated rings. The van der Waals surface area contributed by atoms with Gasteiger partial charge in [0.05, 0.1) is 0 Å². The van der Waals surface area contributed by atoms with Crippen molar-refractivity contribution < 1.29 is 0 Å². The van der Waals surface area contributed by atoms with Crippen LogP contribution in [0.1, 0.15) is 52.9 Å². The Labute approximate surface area is 83.1 Å². The van der Waals surface area contributed by atoms with Crippen LogP contribution in [0, 0.1) is 29.6 Å². The van der Waals surface area contributed by atoms with Gasteiger partial charge < -0.3 is 0 Å². The molecule has 0 bridgehead atoms. The molecule has 74 valence electrons. The van der Waals surface area contributed by atoms with Gasteiger partial charge in [-0.2, -0.15) is 0 Å². The second-order valence-corrected chi connectivity index (χ2v) is 4.99. The molecule has 0 unspecified atom stereocenters. The van der Waals surface area contributed by atoms with E-state index in [9.17, 15) is 0 Å². The summed E-state index contributed by atoms with van der Waals surface area (Å²) < 4.78 is 0. The van der Waals surface area contributed by atoms with Crippen molar-refractivity contribution in [2.75, 3.05) is 0 Å². The molecule has 0 aromatic carbocycles. The summed E-state index contributed by atoms with van der Waals surface area (Å²) in [7, 11) is 0. The van der Waals surface area contributed by atoms with E-state index in [0.717, 1.165) is 11.8 Å². The van der Waals surface area contributed by atoms with E-state index in [1.54, 1.807) is 0 Å². The molecule has 0 aromatic heterocycles. The van der Waals surface area contributed by atoms with Crippen LogP contribution in [0.15, 0.2) is 0 Å². The van der Waals surface area contributed by atoms with E-state index in [2.05, 4.69) is 26.7 Å². The predicted molar refractivity (Wildman–Crippen MR) is 58.4 cm³/mol. The normalized spacial score (nSPS) is 29.7. The molecule has 0 heteroatoms. The maximum Gasteiger partial charge on any atom is 0.0283 e. The fraction of sp³-hybridized carbons (Fsp3) is 0.846. The molecule has 0 aromatic rings. The SMILES string of the molecule is C#CC(C)(C)C1CCC(CC)CC1. The smallest absolute Gasteiger partial charge is 0.0283 e. The molecule has 0 amide bonds. The number of rotatable bonds is 2. The average Bonchev–Trinajstić information content (AvgIpc) is 2.18. The van der Waals surface area contributed by atoms with Gasteiger partial charge in [0.2, 0.25) is 0 Å². The van der Waals surface area contributed by atoms with Crippen LogP contribution in [0.2, 0.25) is 0 Å². The number of terminal acetylenes is 1. The van der Waals surface area contributed by atoms with Gasteiger partial charge in [0.1, 0.15) is 0 Å². The highest BCUT2D eigenvalue weighted by Crippen LogP contribution is 2.40. The van der Waals surface area contributed by atoms with E-state index in [1.165, 1.54) is 32.1 Å². The molecular formula is C13H22. The van der Waals surface area contributed by atoms with E-state index in [1.807, 2.05) is 0 Å². The highest BCUT2D eigenvalue weighted by atomic mass is 14.3. The van der Waals surface area contributed by atoms with Crippen molar-refractivity contribution in [2.24, 2.45) is 17.3 Å². The van der Waals surface area contributed by atoms with E-state index < -0.39 is 0 Å². The monoisotopic (exact) mass is 178 g/mol. The lowest BCUT2D eigenvalue weighted by Gasteiger charge is -2.35. The summed E-state index contributed by atoms with van der Waals surface area (Å²) in [5, 5.41) is 0. The van der Waals surface area contributed by atoms with Crippen molar-refractivity contribution in [3.05, 3.63) is 0 Å².